The van der Waals surface area contributed by atoms with Crippen molar-refractivity contribution in [2.24, 2.45) is 0 Å². The number of ether oxygens (including phenoxy) is 3. The zero-order chi connectivity index (χ0) is 29.5. The third kappa shape index (κ3) is 6.43. The molecule has 216 valence electrons. The van der Waals surface area contributed by atoms with Crippen LogP contribution in [0.15, 0.2) is 54.1 Å². The van der Waals surface area contributed by atoms with Crippen LogP contribution in [0, 0.1) is 6.92 Å². The van der Waals surface area contributed by atoms with E-state index < -0.39 is 23.7 Å². The molecular weight excluding hydrogens is 544 g/mol. The van der Waals surface area contributed by atoms with Crippen LogP contribution in [0.4, 0.5) is 5.13 Å². The highest BCUT2D eigenvalue weighted by molar-refractivity contribution is 7.17. The van der Waals surface area contributed by atoms with Gasteiger partial charge >= 0.3 is 11.9 Å². The topological polar surface area (TPSA) is 115 Å². The van der Waals surface area contributed by atoms with Crippen LogP contribution in [-0.4, -0.2) is 47.6 Å². The Labute approximate surface area is 243 Å². The first-order valence-electron chi connectivity index (χ1n) is 13.7. The molecule has 0 bridgehead atoms. The Kier molecular flexibility index (Phi) is 9.78. The van der Waals surface area contributed by atoms with E-state index in [-0.39, 0.29) is 27.9 Å². The first-order chi connectivity index (χ1) is 19.8. The first-order valence-corrected chi connectivity index (χ1v) is 14.5. The first kappa shape index (κ1) is 29.8. The number of benzene rings is 2. The number of hydrogen-bond acceptors (Lipinski definition) is 9. The summed E-state index contributed by atoms with van der Waals surface area (Å²) in [5.74, 6) is -1.30. The van der Waals surface area contributed by atoms with Gasteiger partial charge in [0.25, 0.3) is 5.78 Å². The van der Waals surface area contributed by atoms with Crippen molar-refractivity contribution in [1.29, 1.82) is 0 Å². The second kappa shape index (κ2) is 13.5. The van der Waals surface area contributed by atoms with Gasteiger partial charge in [0.2, 0.25) is 0 Å². The van der Waals surface area contributed by atoms with Gasteiger partial charge in [0.05, 0.1) is 37.1 Å². The van der Waals surface area contributed by atoms with Gasteiger partial charge < -0.3 is 19.3 Å². The van der Waals surface area contributed by atoms with Crippen molar-refractivity contribution in [2.45, 2.75) is 53.0 Å². The molecule has 0 radical (unpaired) electrons. The molecule has 1 aromatic heterocycles. The predicted molar refractivity (Wildman–Crippen MR) is 157 cm³/mol. The molecular formula is C31H34N2O7S. The minimum Gasteiger partial charge on any atom is -0.507 e. The monoisotopic (exact) mass is 578 g/mol. The van der Waals surface area contributed by atoms with Crippen molar-refractivity contribution in [2.75, 3.05) is 24.7 Å². The van der Waals surface area contributed by atoms with E-state index in [9.17, 15) is 19.5 Å². The van der Waals surface area contributed by atoms with Crippen LogP contribution in [0.2, 0.25) is 0 Å². The van der Waals surface area contributed by atoms with Crippen LogP contribution in [0.1, 0.15) is 72.6 Å². The summed E-state index contributed by atoms with van der Waals surface area (Å²) in [5.41, 5.74) is 1.23. The number of esters is 1. The molecule has 0 spiro atoms. The predicted octanol–water partition coefficient (Wildman–Crippen LogP) is 6.22. The van der Waals surface area contributed by atoms with Gasteiger partial charge in [-0.2, -0.15) is 0 Å². The molecule has 1 amide bonds. The number of hydrogen-bond donors (Lipinski definition) is 1. The lowest BCUT2D eigenvalue weighted by atomic mass is 9.95. The number of anilines is 1. The van der Waals surface area contributed by atoms with Crippen LogP contribution in [-0.2, 0) is 14.3 Å². The number of aryl methyl sites for hydroxylation is 1. The number of aromatic nitrogens is 1. The molecule has 2 heterocycles. The number of unbranched alkanes of at least 4 members (excludes halogenated alkanes) is 1. The van der Waals surface area contributed by atoms with E-state index in [0.717, 1.165) is 30.6 Å². The Balaban J connectivity index is 1.79. The third-order valence-corrected chi connectivity index (χ3v) is 7.60. The molecule has 4 rings (SSSR count). The number of aliphatic hydroxyl groups is 1. The van der Waals surface area contributed by atoms with E-state index in [1.165, 1.54) is 4.90 Å². The standard InChI is InChI=1S/C31H34N2O7S/c1-5-8-18-40-23-15-11-21(12-16-23)26(34)24-25(20-9-13-22(14-10-20)39-17-6-2)33(29(36)27(24)35)31-32-19(4)28(41-31)30(37)38-7-3/h9-16,25,34H,5-8,17-18H2,1-4H3/b26-24-. The van der Waals surface area contributed by atoms with E-state index in [4.69, 9.17) is 14.2 Å². The zero-order valence-corrected chi connectivity index (χ0v) is 24.5. The van der Waals surface area contributed by atoms with Crippen LogP contribution in [0.25, 0.3) is 5.76 Å². The molecule has 0 saturated carbocycles. The van der Waals surface area contributed by atoms with E-state index >= 15 is 0 Å². The summed E-state index contributed by atoms with van der Waals surface area (Å²) in [5, 5.41) is 11.6. The molecule has 1 atom stereocenters. The molecule has 1 saturated heterocycles. The zero-order valence-electron chi connectivity index (χ0n) is 23.6. The van der Waals surface area contributed by atoms with E-state index in [1.807, 2.05) is 6.92 Å². The summed E-state index contributed by atoms with van der Waals surface area (Å²) < 4.78 is 16.6. The van der Waals surface area contributed by atoms with E-state index in [1.54, 1.807) is 62.4 Å². The average Bonchev–Trinajstić information content (AvgIpc) is 3.48. The minimum absolute atomic E-state index is 0.0811. The molecule has 1 N–H and O–H groups in total. The summed E-state index contributed by atoms with van der Waals surface area (Å²) in [4.78, 5) is 45.4. The van der Waals surface area contributed by atoms with Crippen molar-refractivity contribution in [3.8, 4) is 11.5 Å². The van der Waals surface area contributed by atoms with Gasteiger partial charge in [0.1, 0.15) is 22.1 Å². The van der Waals surface area contributed by atoms with Gasteiger partial charge in [0.15, 0.2) is 5.13 Å². The summed E-state index contributed by atoms with van der Waals surface area (Å²) >= 11 is 0.966. The van der Waals surface area contributed by atoms with Crippen LogP contribution >= 0.6 is 11.3 Å². The molecule has 0 aliphatic carbocycles. The highest BCUT2D eigenvalue weighted by Gasteiger charge is 2.48. The molecule has 1 fully saturated rings. The quantitative estimate of drug-likeness (QED) is 0.0885. The SMILES string of the molecule is CCCCOc1ccc(/C(O)=C2/C(=O)C(=O)N(c3nc(C)c(C(=O)OCC)s3)C2c2ccc(OCCC)cc2)cc1. The molecule has 10 heteroatoms. The normalized spacial score (nSPS) is 16.2. The number of ketones is 1. The third-order valence-electron chi connectivity index (χ3n) is 6.46. The maximum atomic E-state index is 13.5. The van der Waals surface area contributed by atoms with E-state index in [2.05, 4.69) is 11.9 Å². The smallest absolute Gasteiger partial charge is 0.350 e. The average molecular weight is 579 g/mol. The molecule has 41 heavy (non-hydrogen) atoms. The lowest BCUT2D eigenvalue weighted by molar-refractivity contribution is -0.132. The summed E-state index contributed by atoms with van der Waals surface area (Å²) in [6, 6.07) is 12.7. The summed E-state index contributed by atoms with van der Waals surface area (Å²) in [6.45, 7) is 8.73. The lowest BCUT2D eigenvalue weighted by Crippen LogP contribution is -2.29. The largest absolute Gasteiger partial charge is 0.507 e. The molecule has 2 aromatic carbocycles. The van der Waals surface area contributed by atoms with Gasteiger partial charge in [-0.3, -0.25) is 14.5 Å². The van der Waals surface area contributed by atoms with Crippen molar-refractivity contribution < 1.29 is 33.7 Å². The number of carbonyl (C=O) groups excluding carboxylic acids is 3. The number of thiazole rings is 1. The number of Topliss-reactive ketones (excluding diaryl/α,β-unsaturated/α-hetero) is 1. The highest BCUT2D eigenvalue weighted by Crippen LogP contribution is 2.44. The second-order valence-electron chi connectivity index (χ2n) is 9.44. The van der Waals surface area contributed by atoms with Crippen molar-refractivity contribution in [3.63, 3.8) is 0 Å². The van der Waals surface area contributed by atoms with Gasteiger partial charge in [0, 0.05) is 5.56 Å². The van der Waals surface area contributed by atoms with Gasteiger partial charge in [-0.15, -0.1) is 0 Å². The van der Waals surface area contributed by atoms with Crippen molar-refractivity contribution in [1.82, 2.24) is 4.98 Å². The Morgan fingerprint density at radius 1 is 0.951 bits per heavy atom. The van der Waals surface area contributed by atoms with Gasteiger partial charge in [-0.05, 0) is 68.7 Å². The van der Waals surface area contributed by atoms with Crippen LogP contribution in [0.5, 0.6) is 11.5 Å². The van der Waals surface area contributed by atoms with Crippen LogP contribution < -0.4 is 14.4 Å². The minimum atomic E-state index is -0.990. The Hall–Kier alpha value is -4.18. The maximum absolute atomic E-state index is 13.5. The Morgan fingerprint density at radius 3 is 2.20 bits per heavy atom. The maximum Gasteiger partial charge on any atom is 0.350 e. The Bertz CT molecular complexity index is 1430. The molecule has 1 aliphatic rings. The van der Waals surface area contributed by atoms with E-state index in [0.29, 0.717) is 41.5 Å². The van der Waals surface area contributed by atoms with Crippen molar-refractivity contribution >= 4 is 39.9 Å². The highest BCUT2D eigenvalue weighted by atomic mass is 32.1. The number of nitrogens with zero attached hydrogens (tertiary/aromatic N) is 2. The summed E-state index contributed by atoms with van der Waals surface area (Å²) in [6.07, 6.45) is 2.77. The summed E-state index contributed by atoms with van der Waals surface area (Å²) in [7, 11) is 0. The fourth-order valence-corrected chi connectivity index (χ4v) is 5.37. The van der Waals surface area contributed by atoms with Crippen LogP contribution in [0.3, 0.4) is 0 Å². The second-order valence-corrected chi connectivity index (χ2v) is 10.4. The number of carbonyl (C=O) groups is 3. The fourth-order valence-electron chi connectivity index (χ4n) is 4.38. The Morgan fingerprint density at radius 2 is 1.59 bits per heavy atom. The number of aliphatic hydroxyl groups excluding tert-OH is 1. The molecule has 9 nitrogen and oxygen atoms in total. The lowest BCUT2D eigenvalue weighted by Gasteiger charge is -2.23. The number of rotatable bonds is 12. The molecule has 1 aliphatic heterocycles. The number of amides is 1. The molecule has 1 unspecified atom stereocenters. The van der Waals surface area contributed by atoms with Gasteiger partial charge in [-0.25, -0.2) is 9.78 Å². The van der Waals surface area contributed by atoms with Crippen molar-refractivity contribution in [3.05, 3.63) is 75.8 Å². The fraction of sp³-hybridized carbons (Fsp3) is 0.355. The van der Waals surface area contributed by atoms with Gasteiger partial charge in [-0.1, -0.05) is 43.7 Å². The molecule has 3 aromatic rings.